The quantitative estimate of drug-likeness (QED) is 0.899. The van der Waals surface area contributed by atoms with Crippen LogP contribution in [0, 0.1) is 12.7 Å². The van der Waals surface area contributed by atoms with E-state index in [1.54, 1.807) is 13.1 Å². The van der Waals surface area contributed by atoms with E-state index in [1.807, 2.05) is 19.1 Å². The van der Waals surface area contributed by atoms with Gasteiger partial charge in [-0.1, -0.05) is 6.07 Å². The van der Waals surface area contributed by atoms with Gasteiger partial charge >= 0.3 is 0 Å². The molecule has 0 aliphatic carbocycles. The summed E-state index contributed by atoms with van der Waals surface area (Å²) in [5.41, 5.74) is 1.53. The Bertz CT molecular complexity index is 661. The number of aromatic nitrogens is 1. The zero-order valence-electron chi connectivity index (χ0n) is 11.0. The summed E-state index contributed by atoms with van der Waals surface area (Å²) < 4.78 is 14.7. The van der Waals surface area contributed by atoms with Gasteiger partial charge in [0.25, 0.3) is 5.91 Å². The molecule has 0 atom stereocenters. The monoisotopic (exact) mass is 337 g/mol. The van der Waals surface area contributed by atoms with Crippen LogP contribution >= 0.6 is 15.9 Å². The third-order valence-corrected chi connectivity index (χ3v) is 3.43. The van der Waals surface area contributed by atoms with Gasteiger partial charge < -0.3 is 10.6 Å². The van der Waals surface area contributed by atoms with Crippen molar-refractivity contribution >= 4 is 33.3 Å². The number of hydrogen-bond donors (Lipinski definition) is 2. The molecule has 0 bridgehead atoms. The van der Waals surface area contributed by atoms with Crippen molar-refractivity contribution in [2.75, 3.05) is 17.7 Å². The fourth-order valence-corrected chi connectivity index (χ4v) is 2.06. The summed E-state index contributed by atoms with van der Waals surface area (Å²) in [5.74, 6) is -1.15. The molecule has 0 spiro atoms. The number of nitrogens with zero attached hydrogens (tertiary/aromatic N) is 1. The summed E-state index contributed by atoms with van der Waals surface area (Å²) in [4.78, 5) is 15.9. The Labute approximate surface area is 124 Å². The Kier molecular flexibility index (Phi) is 4.34. The van der Waals surface area contributed by atoms with Crippen LogP contribution in [0.1, 0.15) is 15.9 Å². The fraction of sp³-hybridized carbons (Fsp3) is 0.143. The number of benzene rings is 1. The lowest BCUT2D eigenvalue weighted by atomic mass is 10.2. The van der Waals surface area contributed by atoms with Gasteiger partial charge in [0.05, 0.1) is 11.3 Å². The predicted octanol–water partition coefficient (Wildman–Crippen LogP) is 3.59. The van der Waals surface area contributed by atoms with E-state index in [1.165, 1.54) is 12.3 Å². The molecule has 2 N–H and O–H groups in total. The molecule has 4 nitrogen and oxygen atoms in total. The van der Waals surface area contributed by atoms with E-state index in [2.05, 4.69) is 31.5 Å². The van der Waals surface area contributed by atoms with Crippen molar-refractivity contribution in [2.45, 2.75) is 6.92 Å². The van der Waals surface area contributed by atoms with E-state index in [-0.39, 0.29) is 11.4 Å². The van der Waals surface area contributed by atoms with E-state index in [0.717, 1.165) is 10.0 Å². The molecule has 2 aromatic rings. The molecule has 0 saturated heterocycles. The van der Waals surface area contributed by atoms with Crippen LogP contribution in [-0.4, -0.2) is 17.9 Å². The van der Waals surface area contributed by atoms with Crippen molar-refractivity contribution in [3.8, 4) is 0 Å². The lowest BCUT2D eigenvalue weighted by molar-refractivity contribution is 0.102. The van der Waals surface area contributed by atoms with Crippen molar-refractivity contribution in [3.05, 3.63) is 51.9 Å². The van der Waals surface area contributed by atoms with Crippen LogP contribution in [0.3, 0.4) is 0 Å². The number of rotatable bonds is 3. The maximum Gasteiger partial charge on any atom is 0.258 e. The summed E-state index contributed by atoms with van der Waals surface area (Å²) in [6.45, 7) is 1.91. The Morgan fingerprint density at radius 1 is 1.35 bits per heavy atom. The summed E-state index contributed by atoms with van der Waals surface area (Å²) in [5, 5.41) is 5.28. The highest BCUT2D eigenvalue weighted by atomic mass is 79.9. The number of pyridine rings is 1. The lowest BCUT2D eigenvalue weighted by Gasteiger charge is -2.10. The van der Waals surface area contributed by atoms with E-state index in [0.29, 0.717) is 5.69 Å². The van der Waals surface area contributed by atoms with Gasteiger partial charge in [-0.2, -0.15) is 0 Å². The third-order valence-electron chi connectivity index (χ3n) is 2.74. The third kappa shape index (κ3) is 2.96. The highest BCUT2D eigenvalue weighted by molar-refractivity contribution is 9.10. The molecule has 20 heavy (non-hydrogen) atoms. The number of nitrogens with one attached hydrogen (secondary N) is 2. The second kappa shape index (κ2) is 6.00. The second-order valence-electron chi connectivity index (χ2n) is 4.21. The van der Waals surface area contributed by atoms with E-state index >= 15 is 0 Å². The van der Waals surface area contributed by atoms with Crippen molar-refractivity contribution in [1.82, 2.24) is 4.98 Å². The van der Waals surface area contributed by atoms with Gasteiger partial charge in [-0.25, -0.2) is 9.37 Å². The van der Waals surface area contributed by atoms with Crippen molar-refractivity contribution in [3.63, 3.8) is 0 Å². The molecule has 1 amide bonds. The first-order valence-corrected chi connectivity index (χ1v) is 6.72. The highest BCUT2D eigenvalue weighted by Gasteiger charge is 2.16. The van der Waals surface area contributed by atoms with Gasteiger partial charge in [0.2, 0.25) is 0 Å². The van der Waals surface area contributed by atoms with Gasteiger partial charge in [0, 0.05) is 17.7 Å². The van der Waals surface area contributed by atoms with E-state index in [9.17, 15) is 9.18 Å². The first kappa shape index (κ1) is 14.5. The number of carbonyl (C=O) groups is 1. The van der Waals surface area contributed by atoms with Crippen LogP contribution in [-0.2, 0) is 0 Å². The van der Waals surface area contributed by atoms with E-state index < -0.39 is 11.7 Å². The zero-order chi connectivity index (χ0) is 14.7. The molecule has 104 valence electrons. The van der Waals surface area contributed by atoms with Crippen LogP contribution < -0.4 is 10.6 Å². The molecule has 0 aliphatic heterocycles. The minimum Gasteiger partial charge on any atom is -0.371 e. The van der Waals surface area contributed by atoms with Gasteiger partial charge in [-0.15, -0.1) is 0 Å². The van der Waals surface area contributed by atoms with Crippen LogP contribution in [0.2, 0.25) is 0 Å². The average molecular weight is 338 g/mol. The Balaban J connectivity index is 2.31. The van der Waals surface area contributed by atoms with Crippen molar-refractivity contribution in [2.24, 2.45) is 0 Å². The molecular weight excluding hydrogens is 325 g/mol. The number of hydrogen-bond acceptors (Lipinski definition) is 3. The van der Waals surface area contributed by atoms with Crippen molar-refractivity contribution in [1.29, 1.82) is 0 Å². The summed E-state index contributed by atoms with van der Waals surface area (Å²) in [6.07, 6.45) is 1.38. The minimum atomic E-state index is -0.670. The first-order valence-electron chi connectivity index (χ1n) is 5.92. The SMILES string of the molecule is CNc1nccc(C(=O)Nc2cc(C)ccc2Br)c1F. The first-order chi connectivity index (χ1) is 9.52. The molecule has 1 heterocycles. The summed E-state index contributed by atoms with van der Waals surface area (Å²) in [7, 11) is 1.55. The standard InChI is InChI=1S/C14H13BrFN3O/c1-8-3-4-10(15)11(7-8)19-14(20)9-5-6-18-13(17-2)12(9)16/h3-7H,1-2H3,(H,17,18)(H,19,20). The molecule has 0 radical (unpaired) electrons. The van der Waals surface area contributed by atoms with Crippen LogP contribution in [0.25, 0.3) is 0 Å². The number of amides is 1. The molecule has 0 fully saturated rings. The number of aryl methyl sites for hydroxylation is 1. The van der Waals surface area contributed by atoms with Crippen LogP contribution in [0.4, 0.5) is 15.9 Å². The van der Waals surface area contributed by atoms with Crippen LogP contribution in [0.5, 0.6) is 0 Å². The molecule has 0 unspecified atom stereocenters. The molecule has 0 saturated carbocycles. The minimum absolute atomic E-state index is 0.0426. The van der Waals surface area contributed by atoms with E-state index in [4.69, 9.17) is 0 Å². The molecular formula is C14H13BrFN3O. The maximum atomic E-state index is 14.0. The Morgan fingerprint density at radius 3 is 2.80 bits per heavy atom. The van der Waals surface area contributed by atoms with Crippen LogP contribution in [0.15, 0.2) is 34.9 Å². The van der Waals surface area contributed by atoms with Gasteiger partial charge in [0.1, 0.15) is 0 Å². The summed E-state index contributed by atoms with van der Waals surface area (Å²) >= 11 is 3.34. The molecule has 1 aromatic carbocycles. The lowest BCUT2D eigenvalue weighted by Crippen LogP contribution is -2.15. The smallest absolute Gasteiger partial charge is 0.258 e. The Hall–Kier alpha value is -1.95. The number of carbonyl (C=O) groups excluding carboxylic acids is 1. The topological polar surface area (TPSA) is 54.0 Å². The van der Waals surface area contributed by atoms with Gasteiger partial charge in [0.15, 0.2) is 11.6 Å². The summed E-state index contributed by atoms with van der Waals surface area (Å²) in [6, 6.07) is 6.88. The van der Waals surface area contributed by atoms with Gasteiger partial charge in [-0.3, -0.25) is 4.79 Å². The van der Waals surface area contributed by atoms with Gasteiger partial charge in [-0.05, 0) is 46.6 Å². The molecule has 0 aliphatic rings. The molecule has 6 heteroatoms. The largest absolute Gasteiger partial charge is 0.371 e. The zero-order valence-corrected chi connectivity index (χ0v) is 12.6. The Morgan fingerprint density at radius 2 is 2.10 bits per heavy atom. The maximum absolute atomic E-state index is 14.0. The number of anilines is 2. The number of halogens is 2. The highest BCUT2D eigenvalue weighted by Crippen LogP contribution is 2.24. The molecule has 2 rings (SSSR count). The fourth-order valence-electron chi connectivity index (χ4n) is 1.72. The average Bonchev–Trinajstić information content (AvgIpc) is 2.43. The van der Waals surface area contributed by atoms with Crippen molar-refractivity contribution < 1.29 is 9.18 Å². The predicted molar refractivity (Wildman–Crippen MR) is 80.6 cm³/mol. The normalized spacial score (nSPS) is 10.2. The molecule has 1 aromatic heterocycles. The second-order valence-corrected chi connectivity index (χ2v) is 5.06.